The summed E-state index contributed by atoms with van der Waals surface area (Å²) in [4.78, 5) is 15.4. The van der Waals surface area contributed by atoms with Crippen LogP contribution in [0, 0.1) is 0 Å². The molecule has 2 aromatic heterocycles. The molecule has 1 fully saturated rings. The highest BCUT2D eigenvalue weighted by atomic mass is 35.5. The van der Waals surface area contributed by atoms with Gasteiger partial charge in [-0.25, -0.2) is 9.50 Å². The van der Waals surface area contributed by atoms with Gasteiger partial charge >= 0.3 is 5.97 Å². The van der Waals surface area contributed by atoms with Gasteiger partial charge in [0.15, 0.2) is 5.65 Å². The number of hydrogen-bond acceptors (Lipinski definition) is 3. The third-order valence-electron chi connectivity index (χ3n) is 2.94. The summed E-state index contributed by atoms with van der Waals surface area (Å²) in [5, 5.41) is 13.5. The van der Waals surface area contributed by atoms with Crippen molar-refractivity contribution in [2.75, 3.05) is 0 Å². The van der Waals surface area contributed by atoms with E-state index in [0.717, 1.165) is 0 Å². The molecule has 0 aliphatic heterocycles. The Hall–Kier alpha value is -1.62. The molecule has 6 heteroatoms. The van der Waals surface area contributed by atoms with Gasteiger partial charge in [-0.05, 0) is 25.0 Å². The van der Waals surface area contributed by atoms with Crippen molar-refractivity contribution in [1.82, 2.24) is 14.6 Å². The maximum Gasteiger partial charge on any atom is 0.315 e. The first-order chi connectivity index (χ1) is 7.62. The number of imidazole rings is 1. The van der Waals surface area contributed by atoms with Crippen LogP contribution >= 0.6 is 11.6 Å². The molecular weight excluding hydrogens is 230 g/mol. The number of carboxylic acid groups (broad SMARTS) is 1. The fraction of sp³-hybridized carbons (Fsp3) is 0.300. The van der Waals surface area contributed by atoms with E-state index in [9.17, 15) is 4.79 Å². The number of aromatic nitrogens is 3. The van der Waals surface area contributed by atoms with Crippen molar-refractivity contribution in [1.29, 1.82) is 0 Å². The zero-order chi connectivity index (χ0) is 11.3. The van der Waals surface area contributed by atoms with Crippen molar-refractivity contribution in [3.8, 4) is 0 Å². The molecule has 0 unspecified atom stereocenters. The Kier molecular flexibility index (Phi) is 1.77. The lowest BCUT2D eigenvalue weighted by atomic mass is 10.0. The SMILES string of the molecule is O=C(O)C1(c2cn3nc(Cl)ccc3n2)CC1. The van der Waals surface area contributed by atoms with E-state index in [0.29, 0.717) is 29.3 Å². The van der Waals surface area contributed by atoms with Gasteiger partial charge in [-0.15, -0.1) is 0 Å². The maximum absolute atomic E-state index is 11.1. The van der Waals surface area contributed by atoms with E-state index in [-0.39, 0.29) is 0 Å². The van der Waals surface area contributed by atoms with Gasteiger partial charge < -0.3 is 5.11 Å². The van der Waals surface area contributed by atoms with Gasteiger partial charge in [0.05, 0.1) is 11.9 Å². The van der Waals surface area contributed by atoms with Gasteiger partial charge in [-0.2, -0.15) is 5.10 Å². The highest BCUT2D eigenvalue weighted by Gasteiger charge is 2.53. The zero-order valence-electron chi connectivity index (χ0n) is 8.22. The highest BCUT2D eigenvalue weighted by molar-refractivity contribution is 6.29. The molecule has 1 saturated carbocycles. The minimum Gasteiger partial charge on any atom is -0.481 e. The molecule has 1 aliphatic carbocycles. The van der Waals surface area contributed by atoms with E-state index >= 15 is 0 Å². The lowest BCUT2D eigenvalue weighted by Gasteiger charge is -2.03. The second kappa shape index (κ2) is 2.95. The van der Waals surface area contributed by atoms with Crippen LogP contribution in [0.1, 0.15) is 18.5 Å². The molecule has 0 spiro atoms. The molecule has 0 saturated heterocycles. The average Bonchev–Trinajstić information content (AvgIpc) is 2.94. The van der Waals surface area contributed by atoms with Crippen molar-refractivity contribution in [3.63, 3.8) is 0 Å². The Morgan fingerprint density at radius 1 is 1.50 bits per heavy atom. The first-order valence-electron chi connectivity index (χ1n) is 4.88. The minimum absolute atomic E-state index is 0.358. The topological polar surface area (TPSA) is 67.5 Å². The quantitative estimate of drug-likeness (QED) is 0.860. The van der Waals surface area contributed by atoms with Gasteiger partial charge in [0.25, 0.3) is 0 Å². The van der Waals surface area contributed by atoms with Crippen molar-refractivity contribution < 1.29 is 9.90 Å². The predicted molar refractivity (Wildman–Crippen MR) is 56.5 cm³/mol. The van der Waals surface area contributed by atoms with Crippen LogP contribution in [0.4, 0.5) is 0 Å². The Balaban J connectivity index is 2.16. The number of halogens is 1. The number of hydrogen-bond donors (Lipinski definition) is 1. The molecule has 1 aliphatic rings. The van der Waals surface area contributed by atoms with E-state index in [1.165, 1.54) is 4.52 Å². The van der Waals surface area contributed by atoms with Crippen LogP contribution in [-0.4, -0.2) is 25.7 Å². The summed E-state index contributed by atoms with van der Waals surface area (Å²) in [6.07, 6.45) is 2.92. The fourth-order valence-electron chi connectivity index (χ4n) is 1.79. The molecule has 0 amide bonds. The summed E-state index contributed by atoms with van der Waals surface area (Å²) < 4.78 is 1.51. The van der Waals surface area contributed by atoms with Gasteiger partial charge in [0.2, 0.25) is 0 Å². The van der Waals surface area contributed by atoms with Gasteiger partial charge in [0.1, 0.15) is 10.6 Å². The molecule has 82 valence electrons. The van der Waals surface area contributed by atoms with E-state index in [1.54, 1.807) is 18.3 Å². The number of carboxylic acids is 1. The largest absolute Gasteiger partial charge is 0.481 e. The van der Waals surface area contributed by atoms with Crippen LogP contribution in [0.25, 0.3) is 5.65 Å². The van der Waals surface area contributed by atoms with Gasteiger partial charge in [0, 0.05) is 0 Å². The Morgan fingerprint density at radius 3 is 2.88 bits per heavy atom. The molecule has 3 rings (SSSR count). The molecule has 0 atom stereocenters. The van der Waals surface area contributed by atoms with Crippen LogP contribution in [0.2, 0.25) is 5.15 Å². The summed E-state index contributed by atoms with van der Waals surface area (Å²) in [6, 6.07) is 3.35. The van der Waals surface area contributed by atoms with E-state index < -0.39 is 11.4 Å². The molecular formula is C10H8ClN3O2. The van der Waals surface area contributed by atoms with E-state index in [1.807, 2.05) is 0 Å². The average molecular weight is 238 g/mol. The summed E-state index contributed by atoms with van der Waals surface area (Å²) in [7, 11) is 0. The Labute approximate surface area is 95.7 Å². The van der Waals surface area contributed by atoms with E-state index in [2.05, 4.69) is 10.1 Å². The summed E-state index contributed by atoms with van der Waals surface area (Å²) in [5.41, 5.74) is 0.391. The molecule has 2 heterocycles. The summed E-state index contributed by atoms with van der Waals surface area (Å²) in [5.74, 6) is -0.818. The zero-order valence-corrected chi connectivity index (χ0v) is 8.98. The van der Waals surface area contributed by atoms with Crippen molar-refractivity contribution in [3.05, 3.63) is 29.2 Å². The molecule has 0 radical (unpaired) electrons. The smallest absolute Gasteiger partial charge is 0.315 e. The van der Waals surface area contributed by atoms with Crippen LogP contribution in [0.15, 0.2) is 18.3 Å². The molecule has 0 aromatic carbocycles. The van der Waals surface area contributed by atoms with Crippen molar-refractivity contribution in [2.24, 2.45) is 0 Å². The second-order valence-electron chi connectivity index (χ2n) is 3.97. The van der Waals surface area contributed by atoms with Crippen LogP contribution < -0.4 is 0 Å². The second-order valence-corrected chi connectivity index (χ2v) is 4.36. The monoisotopic (exact) mass is 237 g/mol. The van der Waals surface area contributed by atoms with E-state index in [4.69, 9.17) is 16.7 Å². The van der Waals surface area contributed by atoms with Crippen LogP contribution in [0.5, 0.6) is 0 Å². The predicted octanol–water partition coefficient (Wildman–Crippen LogP) is 1.50. The number of nitrogens with zero attached hydrogens (tertiary/aromatic N) is 3. The number of rotatable bonds is 2. The minimum atomic E-state index is -0.818. The lowest BCUT2D eigenvalue weighted by molar-refractivity contribution is -0.140. The number of carbonyl (C=O) groups is 1. The van der Waals surface area contributed by atoms with Crippen LogP contribution in [0.3, 0.4) is 0 Å². The summed E-state index contributed by atoms with van der Waals surface area (Å²) in [6.45, 7) is 0. The maximum atomic E-state index is 11.1. The fourth-order valence-corrected chi connectivity index (χ4v) is 1.94. The molecule has 1 N–H and O–H groups in total. The Bertz CT molecular complexity index is 589. The lowest BCUT2D eigenvalue weighted by Crippen LogP contribution is -2.19. The molecule has 16 heavy (non-hydrogen) atoms. The molecule has 2 aromatic rings. The van der Waals surface area contributed by atoms with Gasteiger partial charge in [-0.3, -0.25) is 4.79 Å². The first-order valence-corrected chi connectivity index (χ1v) is 5.25. The van der Waals surface area contributed by atoms with Crippen molar-refractivity contribution in [2.45, 2.75) is 18.3 Å². The van der Waals surface area contributed by atoms with Crippen LogP contribution in [-0.2, 0) is 10.2 Å². The molecule has 5 nitrogen and oxygen atoms in total. The normalized spacial score (nSPS) is 17.6. The third kappa shape index (κ3) is 1.21. The first kappa shape index (κ1) is 9.59. The van der Waals surface area contributed by atoms with Gasteiger partial charge in [-0.1, -0.05) is 11.6 Å². The molecule has 0 bridgehead atoms. The number of aliphatic carboxylic acids is 1. The standard InChI is InChI=1S/C10H8ClN3O2/c11-7-1-2-8-12-6(5-14(8)13-7)10(3-4-10)9(15)16/h1-2,5H,3-4H2,(H,15,16). The highest BCUT2D eigenvalue weighted by Crippen LogP contribution is 2.47. The summed E-state index contributed by atoms with van der Waals surface area (Å²) >= 11 is 5.74. The van der Waals surface area contributed by atoms with Crippen molar-refractivity contribution >= 4 is 23.2 Å². The third-order valence-corrected chi connectivity index (χ3v) is 3.14. The Morgan fingerprint density at radius 2 is 2.25 bits per heavy atom. The number of fused-ring (bicyclic) bond motifs is 1.